The van der Waals surface area contributed by atoms with Gasteiger partial charge in [-0.05, 0) is 6.42 Å². The molecule has 0 aromatic rings. The summed E-state index contributed by atoms with van der Waals surface area (Å²) in [6.45, 7) is 1.54. The maximum Gasteiger partial charge on any atom is 0.316 e. The van der Waals surface area contributed by atoms with Gasteiger partial charge in [0, 0.05) is 0 Å². The molecular weight excluding hydrogens is 184 g/mol. The highest BCUT2D eigenvalue weighted by Crippen LogP contribution is 2.11. The van der Waals surface area contributed by atoms with E-state index in [1.807, 2.05) is 0 Å². The molecule has 6 heteroatoms. The van der Waals surface area contributed by atoms with E-state index in [1.54, 1.807) is 0 Å². The smallest absolute Gasteiger partial charge is 0.316 e. The summed E-state index contributed by atoms with van der Waals surface area (Å²) in [5, 5.41) is 25.9. The Balaban J connectivity index is 4.09. The Morgan fingerprint density at radius 2 is 2.08 bits per heavy atom. The lowest BCUT2D eigenvalue weighted by Gasteiger charge is -2.24. The van der Waals surface area contributed by atoms with Crippen molar-refractivity contribution in [1.82, 2.24) is 0 Å². The molecule has 0 bridgehead atoms. The van der Waals surface area contributed by atoms with Gasteiger partial charge in [0.05, 0.1) is 5.75 Å². The van der Waals surface area contributed by atoms with Crippen molar-refractivity contribution in [2.75, 3.05) is 5.75 Å². The predicted octanol–water partition coefficient (Wildman–Crippen LogP) is -1.13. The molecule has 0 aromatic carbocycles. The largest absolute Gasteiger partial charge is 0.453 e. The summed E-state index contributed by atoms with van der Waals surface area (Å²) in [6.07, 6.45) is -1.24. The Labute approximate surface area is 75.4 Å². The van der Waals surface area contributed by atoms with Crippen molar-refractivity contribution < 1.29 is 24.9 Å². The second-order valence-electron chi connectivity index (χ2n) is 2.23. The van der Waals surface area contributed by atoms with Crippen molar-refractivity contribution in [2.24, 2.45) is 0 Å². The lowest BCUT2D eigenvalue weighted by Crippen LogP contribution is -2.44. The average Bonchev–Trinajstić information content (AvgIpc) is 1.97. The summed E-state index contributed by atoms with van der Waals surface area (Å²) in [5.74, 6) is -3.87. The monoisotopic (exact) mass is 196 g/mol. The highest BCUT2D eigenvalue weighted by molar-refractivity contribution is 7.81. The van der Waals surface area contributed by atoms with Crippen LogP contribution in [0.15, 0.2) is 0 Å². The highest BCUT2D eigenvalue weighted by atomic mass is 32.1. The van der Waals surface area contributed by atoms with Gasteiger partial charge in [0.1, 0.15) is 0 Å². The van der Waals surface area contributed by atoms with Crippen molar-refractivity contribution in [3.8, 4) is 0 Å². The fraction of sp³-hybridized carbons (Fsp3) is 0.833. The van der Waals surface area contributed by atoms with E-state index in [0.29, 0.717) is 0 Å². The Morgan fingerprint density at radius 1 is 1.58 bits per heavy atom. The first-order valence-corrected chi connectivity index (χ1v) is 4.02. The van der Waals surface area contributed by atoms with Gasteiger partial charge in [-0.15, -0.1) is 0 Å². The number of esters is 1. The zero-order valence-electron chi connectivity index (χ0n) is 6.60. The SMILES string of the molecule is CCC(OC(=O)CS)C(O)(O)O. The van der Waals surface area contributed by atoms with E-state index in [4.69, 9.17) is 15.3 Å². The Hall–Kier alpha value is -0.300. The standard InChI is InChI=1S/C6H12O5S/c1-2-4(6(8,9)10)11-5(7)3-12/h4,8-10,12H,2-3H2,1H3. The van der Waals surface area contributed by atoms with E-state index in [0.717, 1.165) is 0 Å². The van der Waals surface area contributed by atoms with Gasteiger partial charge in [0.2, 0.25) is 0 Å². The number of carbonyl (C=O) groups excluding carboxylic acids is 1. The quantitative estimate of drug-likeness (QED) is 0.259. The topological polar surface area (TPSA) is 87.0 Å². The van der Waals surface area contributed by atoms with Crippen LogP contribution in [0, 0.1) is 0 Å². The molecule has 0 aromatic heterocycles. The number of aliphatic hydroxyl groups is 3. The molecule has 1 unspecified atom stereocenters. The number of hydrogen-bond donors (Lipinski definition) is 4. The van der Waals surface area contributed by atoms with E-state index < -0.39 is 18.0 Å². The van der Waals surface area contributed by atoms with E-state index in [-0.39, 0.29) is 12.2 Å². The molecule has 0 amide bonds. The minimum atomic E-state index is -2.98. The summed E-state index contributed by atoms with van der Waals surface area (Å²) in [7, 11) is 0. The van der Waals surface area contributed by atoms with Crippen molar-refractivity contribution in [3.63, 3.8) is 0 Å². The summed E-state index contributed by atoms with van der Waals surface area (Å²) in [6, 6.07) is 0. The van der Waals surface area contributed by atoms with Crippen LogP contribution >= 0.6 is 12.6 Å². The van der Waals surface area contributed by atoms with Crippen molar-refractivity contribution in [2.45, 2.75) is 25.4 Å². The van der Waals surface area contributed by atoms with Gasteiger partial charge in [-0.3, -0.25) is 4.79 Å². The molecule has 0 radical (unpaired) electrons. The second kappa shape index (κ2) is 4.66. The minimum absolute atomic E-state index is 0.100. The zero-order chi connectivity index (χ0) is 9.78. The molecule has 5 nitrogen and oxygen atoms in total. The van der Waals surface area contributed by atoms with Gasteiger partial charge < -0.3 is 20.1 Å². The molecule has 1 atom stereocenters. The Kier molecular flexibility index (Phi) is 4.54. The first-order valence-electron chi connectivity index (χ1n) is 3.39. The van der Waals surface area contributed by atoms with Gasteiger partial charge in [0.15, 0.2) is 6.10 Å². The molecule has 0 rings (SSSR count). The molecular formula is C6H12O5S. The molecule has 0 fully saturated rings. The number of carbonyl (C=O) groups is 1. The van der Waals surface area contributed by atoms with Gasteiger partial charge in [-0.1, -0.05) is 6.92 Å². The molecule has 0 saturated carbocycles. The van der Waals surface area contributed by atoms with Crippen LogP contribution < -0.4 is 0 Å². The molecule has 72 valence electrons. The van der Waals surface area contributed by atoms with Crippen LogP contribution in [0.1, 0.15) is 13.3 Å². The Bertz CT molecular complexity index is 153. The highest BCUT2D eigenvalue weighted by Gasteiger charge is 2.33. The summed E-state index contributed by atoms with van der Waals surface area (Å²) < 4.78 is 4.45. The molecule has 3 N–H and O–H groups in total. The number of thiol groups is 1. The van der Waals surface area contributed by atoms with E-state index in [9.17, 15) is 4.79 Å². The number of rotatable bonds is 4. The predicted molar refractivity (Wildman–Crippen MR) is 43.4 cm³/mol. The molecule has 0 aliphatic rings. The van der Waals surface area contributed by atoms with Crippen LogP contribution in [-0.4, -0.2) is 39.1 Å². The fourth-order valence-corrected chi connectivity index (χ4v) is 0.707. The van der Waals surface area contributed by atoms with E-state index >= 15 is 0 Å². The average molecular weight is 196 g/mol. The Morgan fingerprint density at radius 3 is 2.33 bits per heavy atom. The van der Waals surface area contributed by atoms with Crippen molar-refractivity contribution in [3.05, 3.63) is 0 Å². The van der Waals surface area contributed by atoms with Crippen LogP contribution in [0.25, 0.3) is 0 Å². The van der Waals surface area contributed by atoms with Crippen LogP contribution in [0.3, 0.4) is 0 Å². The van der Waals surface area contributed by atoms with Gasteiger partial charge in [-0.25, -0.2) is 0 Å². The van der Waals surface area contributed by atoms with Crippen LogP contribution in [-0.2, 0) is 9.53 Å². The third-order valence-corrected chi connectivity index (χ3v) is 1.46. The summed E-state index contributed by atoms with van der Waals surface area (Å²) >= 11 is 3.61. The van der Waals surface area contributed by atoms with Crippen molar-refractivity contribution in [1.29, 1.82) is 0 Å². The third-order valence-electron chi connectivity index (χ3n) is 1.21. The zero-order valence-corrected chi connectivity index (χ0v) is 7.49. The van der Waals surface area contributed by atoms with Crippen molar-refractivity contribution >= 4 is 18.6 Å². The normalized spacial score (nSPS) is 14.1. The van der Waals surface area contributed by atoms with Gasteiger partial charge in [0.25, 0.3) is 0 Å². The molecule has 0 saturated heterocycles. The fourth-order valence-electron chi connectivity index (χ4n) is 0.632. The first kappa shape index (κ1) is 11.7. The molecule has 0 aliphatic heterocycles. The van der Waals surface area contributed by atoms with Crippen LogP contribution in [0.4, 0.5) is 0 Å². The lowest BCUT2D eigenvalue weighted by atomic mass is 10.2. The number of ether oxygens (including phenoxy) is 1. The second-order valence-corrected chi connectivity index (χ2v) is 2.55. The van der Waals surface area contributed by atoms with Gasteiger partial charge in [-0.2, -0.15) is 12.6 Å². The lowest BCUT2D eigenvalue weighted by molar-refractivity contribution is -0.355. The maximum absolute atomic E-state index is 10.6. The molecule has 12 heavy (non-hydrogen) atoms. The summed E-state index contributed by atoms with van der Waals surface area (Å²) in [5.41, 5.74) is 0. The summed E-state index contributed by atoms with van der Waals surface area (Å²) in [4.78, 5) is 10.6. The van der Waals surface area contributed by atoms with Crippen LogP contribution in [0.5, 0.6) is 0 Å². The van der Waals surface area contributed by atoms with E-state index in [1.165, 1.54) is 6.92 Å². The third kappa shape index (κ3) is 3.91. The molecule has 0 spiro atoms. The molecule has 0 aliphatic carbocycles. The molecule has 0 heterocycles. The van der Waals surface area contributed by atoms with Crippen LogP contribution in [0.2, 0.25) is 0 Å². The van der Waals surface area contributed by atoms with Gasteiger partial charge >= 0.3 is 11.9 Å². The van der Waals surface area contributed by atoms with E-state index in [2.05, 4.69) is 17.4 Å². The first-order chi connectivity index (χ1) is 5.41. The maximum atomic E-state index is 10.6. The minimum Gasteiger partial charge on any atom is -0.453 e. The number of hydrogen-bond acceptors (Lipinski definition) is 6.